The molecule has 3 aromatic rings. The Morgan fingerprint density at radius 1 is 1.14 bits per heavy atom. The first-order valence-electron chi connectivity index (χ1n) is 10.9. The summed E-state index contributed by atoms with van der Waals surface area (Å²) in [6.45, 7) is 0. The number of carbonyl (C=O) groups is 1. The monoisotopic (exact) mass is 490 g/mol. The minimum atomic E-state index is -4.78. The number of alkyl halides is 3. The van der Waals surface area contributed by atoms with E-state index in [0.717, 1.165) is 18.9 Å². The van der Waals surface area contributed by atoms with Gasteiger partial charge in [0.25, 0.3) is 5.56 Å². The van der Waals surface area contributed by atoms with Crippen LogP contribution >= 0.6 is 0 Å². The fourth-order valence-corrected chi connectivity index (χ4v) is 4.02. The van der Waals surface area contributed by atoms with Crippen LogP contribution in [0.3, 0.4) is 0 Å². The number of hydrogen-bond donors (Lipinski definition) is 1. The van der Waals surface area contributed by atoms with Gasteiger partial charge in [0.05, 0.1) is 7.11 Å². The van der Waals surface area contributed by atoms with Gasteiger partial charge in [0.15, 0.2) is 17.3 Å². The molecular formula is C25H22F4N2O4. The molecule has 1 aliphatic carbocycles. The molecule has 0 aliphatic heterocycles. The average Bonchev–Trinajstić information content (AvgIpc) is 3.62. The third kappa shape index (κ3) is 6.46. The van der Waals surface area contributed by atoms with E-state index in [2.05, 4.69) is 14.7 Å². The Morgan fingerprint density at radius 3 is 2.46 bits per heavy atom. The van der Waals surface area contributed by atoms with Gasteiger partial charge in [0.1, 0.15) is 17.3 Å². The van der Waals surface area contributed by atoms with E-state index in [0.29, 0.717) is 11.1 Å². The number of aromatic amines is 1. The summed E-state index contributed by atoms with van der Waals surface area (Å²) in [6.07, 6.45) is -2.83. The van der Waals surface area contributed by atoms with Gasteiger partial charge in [0.2, 0.25) is 0 Å². The average molecular weight is 490 g/mol. The zero-order valence-corrected chi connectivity index (χ0v) is 18.7. The van der Waals surface area contributed by atoms with Crippen LogP contribution in [0.4, 0.5) is 17.6 Å². The van der Waals surface area contributed by atoms with Gasteiger partial charge >= 0.3 is 6.36 Å². The molecule has 1 heterocycles. The molecule has 6 nitrogen and oxygen atoms in total. The number of nitrogens with zero attached hydrogens (tertiary/aromatic N) is 1. The minimum absolute atomic E-state index is 0.0135. The molecule has 2 aromatic carbocycles. The SMILES string of the molecule is COc1ccc(Cc2nc(C(=O)C[C@@H](c3ccc(OC(F)(F)F)cc3)C3CC3)cc(=O)[nH]2)cc1F. The molecule has 4 rings (SSSR count). The number of carbonyl (C=O) groups excluding carboxylic acids is 1. The van der Waals surface area contributed by atoms with Crippen LogP contribution in [0.15, 0.2) is 53.3 Å². The van der Waals surface area contributed by atoms with E-state index < -0.39 is 17.7 Å². The molecule has 1 aromatic heterocycles. The van der Waals surface area contributed by atoms with Crippen molar-refractivity contribution in [3.8, 4) is 11.5 Å². The molecule has 0 amide bonds. The van der Waals surface area contributed by atoms with Gasteiger partial charge in [-0.15, -0.1) is 13.2 Å². The fourth-order valence-electron chi connectivity index (χ4n) is 4.02. The Balaban J connectivity index is 1.51. The lowest BCUT2D eigenvalue weighted by atomic mass is 9.88. The van der Waals surface area contributed by atoms with Crippen LogP contribution in [0.5, 0.6) is 11.5 Å². The molecule has 1 saturated carbocycles. The highest BCUT2D eigenvalue weighted by atomic mass is 19.4. The maximum Gasteiger partial charge on any atom is 0.573 e. The lowest BCUT2D eigenvalue weighted by Gasteiger charge is -2.17. The Hall–Kier alpha value is -3.69. The second kappa shape index (κ2) is 9.89. The number of ketones is 1. The van der Waals surface area contributed by atoms with E-state index in [1.165, 1.54) is 43.5 Å². The van der Waals surface area contributed by atoms with Crippen LogP contribution < -0.4 is 15.0 Å². The zero-order chi connectivity index (χ0) is 25.2. The number of hydrogen-bond acceptors (Lipinski definition) is 5. The van der Waals surface area contributed by atoms with Crippen LogP contribution in [-0.4, -0.2) is 29.2 Å². The van der Waals surface area contributed by atoms with Crippen LogP contribution in [0.2, 0.25) is 0 Å². The van der Waals surface area contributed by atoms with Gasteiger partial charge in [-0.2, -0.15) is 0 Å². The van der Waals surface area contributed by atoms with Crippen molar-refractivity contribution in [1.29, 1.82) is 0 Å². The molecule has 0 spiro atoms. The Labute approximate surface area is 197 Å². The van der Waals surface area contributed by atoms with Crippen LogP contribution in [0.1, 0.15) is 52.6 Å². The third-order valence-corrected chi connectivity index (χ3v) is 5.80. The van der Waals surface area contributed by atoms with Crippen molar-refractivity contribution in [3.63, 3.8) is 0 Å². The molecule has 1 fully saturated rings. The molecule has 0 unspecified atom stereocenters. The molecule has 0 bridgehead atoms. The highest BCUT2D eigenvalue weighted by Gasteiger charge is 2.35. The molecule has 0 radical (unpaired) electrons. The van der Waals surface area contributed by atoms with E-state index in [1.54, 1.807) is 6.07 Å². The minimum Gasteiger partial charge on any atom is -0.494 e. The van der Waals surface area contributed by atoms with E-state index >= 15 is 0 Å². The summed E-state index contributed by atoms with van der Waals surface area (Å²) in [5.41, 5.74) is 0.728. The maximum atomic E-state index is 14.0. The number of aromatic nitrogens is 2. The Kier molecular flexibility index (Phi) is 6.90. The van der Waals surface area contributed by atoms with Gasteiger partial charge in [-0.1, -0.05) is 18.2 Å². The van der Waals surface area contributed by atoms with Crippen molar-refractivity contribution in [2.75, 3.05) is 7.11 Å². The van der Waals surface area contributed by atoms with Crippen molar-refractivity contribution in [2.45, 2.75) is 38.0 Å². The number of rotatable bonds is 9. The van der Waals surface area contributed by atoms with Gasteiger partial charge in [0, 0.05) is 18.9 Å². The van der Waals surface area contributed by atoms with Crippen LogP contribution in [-0.2, 0) is 6.42 Å². The summed E-state index contributed by atoms with van der Waals surface area (Å²) < 4.78 is 60.1. The lowest BCUT2D eigenvalue weighted by Crippen LogP contribution is -2.18. The van der Waals surface area contributed by atoms with Gasteiger partial charge in [-0.05, 0) is 60.1 Å². The van der Waals surface area contributed by atoms with E-state index in [4.69, 9.17) is 4.74 Å². The second-order valence-electron chi connectivity index (χ2n) is 8.41. The summed E-state index contributed by atoms with van der Waals surface area (Å²) >= 11 is 0. The second-order valence-corrected chi connectivity index (χ2v) is 8.41. The number of ether oxygens (including phenoxy) is 2. The summed E-state index contributed by atoms with van der Waals surface area (Å²) in [6, 6.07) is 11.0. The first kappa shape index (κ1) is 24.4. The highest BCUT2D eigenvalue weighted by Crippen LogP contribution is 2.45. The summed E-state index contributed by atoms with van der Waals surface area (Å²) in [5.74, 6) is -0.952. The molecule has 1 aliphatic rings. The smallest absolute Gasteiger partial charge is 0.494 e. The highest BCUT2D eigenvalue weighted by molar-refractivity contribution is 5.94. The van der Waals surface area contributed by atoms with Crippen molar-refractivity contribution < 1.29 is 31.8 Å². The van der Waals surface area contributed by atoms with E-state index in [-0.39, 0.29) is 53.5 Å². The van der Waals surface area contributed by atoms with Crippen molar-refractivity contribution >= 4 is 5.78 Å². The molecule has 35 heavy (non-hydrogen) atoms. The molecule has 1 atom stereocenters. The lowest BCUT2D eigenvalue weighted by molar-refractivity contribution is -0.274. The predicted molar refractivity (Wildman–Crippen MR) is 118 cm³/mol. The number of methoxy groups -OCH3 is 1. The number of nitrogens with one attached hydrogen (secondary N) is 1. The van der Waals surface area contributed by atoms with Crippen molar-refractivity contribution in [1.82, 2.24) is 9.97 Å². The van der Waals surface area contributed by atoms with Crippen molar-refractivity contribution in [3.05, 3.63) is 87.3 Å². The normalized spacial score (nSPS) is 14.4. The van der Waals surface area contributed by atoms with E-state index in [9.17, 15) is 27.2 Å². The summed E-state index contributed by atoms with van der Waals surface area (Å²) in [4.78, 5) is 32.1. The molecular weight excluding hydrogens is 468 g/mol. The quantitative estimate of drug-likeness (QED) is 0.331. The molecule has 0 saturated heterocycles. The third-order valence-electron chi connectivity index (χ3n) is 5.80. The van der Waals surface area contributed by atoms with Crippen LogP contribution in [0.25, 0.3) is 0 Å². The number of halogens is 4. The number of H-pyrrole nitrogens is 1. The fraction of sp³-hybridized carbons (Fsp3) is 0.320. The van der Waals surface area contributed by atoms with E-state index in [1.807, 2.05) is 0 Å². The maximum absolute atomic E-state index is 14.0. The Morgan fingerprint density at radius 2 is 1.86 bits per heavy atom. The van der Waals surface area contributed by atoms with Gasteiger partial charge < -0.3 is 14.5 Å². The molecule has 184 valence electrons. The predicted octanol–water partition coefficient (Wildman–Crippen LogP) is 5.17. The van der Waals surface area contributed by atoms with Crippen LogP contribution in [0, 0.1) is 11.7 Å². The molecule has 1 N–H and O–H groups in total. The first-order valence-corrected chi connectivity index (χ1v) is 10.9. The summed E-state index contributed by atoms with van der Waals surface area (Å²) in [7, 11) is 1.35. The number of benzene rings is 2. The van der Waals surface area contributed by atoms with Gasteiger partial charge in [-0.3, -0.25) is 9.59 Å². The summed E-state index contributed by atoms with van der Waals surface area (Å²) in [5, 5.41) is 0. The molecule has 10 heteroatoms. The topological polar surface area (TPSA) is 81.3 Å². The first-order chi connectivity index (χ1) is 16.6. The zero-order valence-electron chi connectivity index (χ0n) is 18.7. The standard InChI is InChI=1S/C25H22F4N2O4/c1-34-22-9-2-14(10-19(22)26)11-23-30-20(13-24(33)31-23)21(32)12-18(15-3-4-15)16-5-7-17(8-6-16)35-25(27,28)29/h2,5-10,13,15,18H,3-4,11-12H2,1H3,(H,30,31,33)/t18-/m1/s1. The van der Waals surface area contributed by atoms with Crippen molar-refractivity contribution in [2.24, 2.45) is 5.92 Å². The Bertz CT molecular complexity index is 1270. The van der Waals surface area contributed by atoms with Gasteiger partial charge in [-0.25, -0.2) is 9.37 Å². The largest absolute Gasteiger partial charge is 0.573 e. The number of Topliss-reactive ketones (excluding diaryl/α,β-unsaturated/α-hetero) is 1.